The van der Waals surface area contributed by atoms with Crippen LogP contribution < -0.4 is 4.74 Å². The molecule has 156 valence electrons. The lowest BCUT2D eigenvalue weighted by molar-refractivity contribution is -0.174. The van der Waals surface area contributed by atoms with Crippen molar-refractivity contribution in [2.75, 3.05) is 6.61 Å². The molecule has 2 aromatic rings. The van der Waals surface area contributed by atoms with E-state index < -0.39 is 17.4 Å². The minimum absolute atomic E-state index is 0.0596. The molecule has 0 heterocycles. The Morgan fingerprint density at radius 1 is 0.862 bits per heavy atom. The van der Waals surface area contributed by atoms with Crippen LogP contribution in [0.15, 0.2) is 54.6 Å². The molecule has 0 aromatic heterocycles. The van der Waals surface area contributed by atoms with E-state index in [0.29, 0.717) is 18.6 Å². The lowest BCUT2D eigenvalue weighted by Gasteiger charge is -2.27. The van der Waals surface area contributed by atoms with Crippen LogP contribution in [0, 0.1) is 11.3 Å². The van der Waals surface area contributed by atoms with Crippen molar-refractivity contribution in [3.8, 4) is 11.5 Å². The van der Waals surface area contributed by atoms with Gasteiger partial charge in [-0.1, -0.05) is 58.0 Å². The van der Waals surface area contributed by atoms with E-state index in [-0.39, 0.29) is 19.1 Å². The zero-order valence-electron chi connectivity index (χ0n) is 17.6. The molecule has 0 amide bonds. The first-order valence-electron chi connectivity index (χ1n) is 10.1. The van der Waals surface area contributed by atoms with Crippen LogP contribution in [0.4, 0.5) is 0 Å². The van der Waals surface area contributed by atoms with Gasteiger partial charge in [-0.25, -0.2) is 0 Å². The molecule has 0 spiro atoms. The van der Waals surface area contributed by atoms with Crippen LogP contribution in [-0.4, -0.2) is 18.5 Å². The van der Waals surface area contributed by atoms with Crippen molar-refractivity contribution < 1.29 is 23.8 Å². The zero-order valence-corrected chi connectivity index (χ0v) is 17.6. The summed E-state index contributed by atoms with van der Waals surface area (Å²) in [4.78, 5) is 25.4. The summed E-state index contributed by atoms with van der Waals surface area (Å²) in [7, 11) is 0. The van der Waals surface area contributed by atoms with E-state index in [1.807, 2.05) is 68.4 Å². The number of benzene rings is 2. The number of ether oxygens (including phenoxy) is 3. The number of rotatable bonds is 10. The molecule has 0 saturated heterocycles. The maximum atomic E-state index is 12.8. The molecule has 5 heteroatoms. The van der Waals surface area contributed by atoms with Gasteiger partial charge in [-0.05, 0) is 48.6 Å². The van der Waals surface area contributed by atoms with Crippen LogP contribution in [-0.2, 0) is 25.7 Å². The summed E-state index contributed by atoms with van der Waals surface area (Å²) < 4.78 is 16.7. The van der Waals surface area contributed by atoms with Gasteiger partial charge in [-0.2, -0.15) is 0 Å². The fraction of sp³-hybridized carbons (Fsp3) is 0.417. The highest BCUT2D eigenvalue weighted by Crippen LogP contribution is 2.31. The Bertz CT molecular complexity index is 794. The lowest BCUT2D eigenvalue weighted by atomic mass is 9.82. The van der Waals surface area contributed by atoms with Crippen LogP contribution >= 0.6 is 0 Å². The minimum Gasteiger partial charge on any atom is -0.465 e. The van der Waals surface area contributed by atoms with Crippen LogP contribution in [0.2, 0.25) is 0 Å². The maximum absolute atomic E-state index is 12.8. The van der Waals surface area contributed by atoms with E-state index in [1.54, 1.807) is 13.8 Å². The summed E-state index contributed by atoms with van der Waals surface area (Å²) in [6.07, 6.45) is 0.660. The van der Waals surface area contributed by atoms with Crippen LogP contribution in [0.25, 0.3) is 0 Å². The Balaban J connectivity index is 2.04. The first-order valence-corrected chi connectivity index (χ1v) is 10.1. The summed E-state index contributed by atoms with van der Waals surface area (Å²) in [6.45, 7) is 7.85. The van der Waals surface area contributed by atoms with E-state index in [2.05, 4.69) is 0 Å². The van der Waals surface area contributed by atoms with E-state index in [9.17, 15) is 9.59 Å². The van der Waals surface area contributed by atoms with Gasteiger partial charge in [0.2, 0.25) is 0 Å². The highest BCUT2D eigenvalue weighted by Gasteiger charge is 2.46. The molecule has 0 aliphatic carbocycles. The van der Waals surface area contributed by atoms with Gasteiger partial charge >= 0.3 is 11.9 Å². The Morgan fingerprint density at radius 2 is 1.48 bits per heavy atom. The minimum atomic E-state index is -1.27. The standard InChI is InChI=1S/C24H30O5/c1-5-24(6-2,22(25)27-16-18(3)4)23(26)28-17-19-11-10-14-21(15-19)29-20-12-8-7-9-13-20/h7-15,18H,5-6,16-17H2,1-4H3. The number of esters is 2. The van der Waals surface area contributed by atoms with Crippen molar-refractivity contribution >= 4 is 11.9 Å². The van der Waals surface area contributed by atoms with Gasteiger partial charge in [0, 0.05) is 0 Å². The van der Waals surface area contributed by atoms with E-state index >= 15 is 0 Å². The molecule has 0 bridgehead atoms. The molecule has 0 N–H and O–H groups in total. The van der Waals surface area contributed by atoms with E-state index in [1.165, 1.54) is 0 Å². The predicted molar refractivity (Wildman–Crippen MR) is 112 cm³/mol. The summed E-state index contributed by atoms with van der Waals surface area (Å²) in [6, 6.07) is 16.8. The van der Waals surface area contributed by atoms with Gasteiger partial charge in [0.1, 0.15) is 18.1 Å². The van der Waals surface area contributed by atoms with Crippen molar-refractivity contribution in [2.45, 2.75) is 47.1 Å². The number of carbonyl (C=O) groups excluding carboxylic acids is 2. The summed E-state index contributed by atoms with van der Waals surface area (Å²) in [5, 5.41) is 0. The summed E-state index contributed by atoms with van der Waals surface area (Å²) in [5.74, 6) is 0.519. The molecule has 0 radical (unpaired) electrons. The molecule has 0 aliphatic heterocycles. The molecule has 0 unspecified atom stereocenters. The second-order valence-electron chi connectivity index (χ2n) is 7.42. The molecule has 2 aromatic carbocycles. The van der Waals surface area contributed by atoms with Gasteiger partial charge in [0.25, 0.3) is 0 Å². The number of carbonyl (C=O) groups is 2. The molecule has 5 nitrogen and oxygen atoms in total. The highest BCUT2D eigenvalue weighted by molar-refractivity contribution is 6.00. The Morgan fingerprint density at radius 3 is 2.10 bits per heavy atom. The van der Waals surface area contributed by atoms with Crippen molar-refractivity contribution in [1.29, 1.82) is 0 Å². The van der Waals surface area contributed by atoms with Crippen molar-refractivity contribution in [3.05, 3.63) is 60.2 Å². The van der Waals surface area contributed by atoms with E-state index in [0.717, 1.165) is 11.3 Å². The topological polar surface area (TPSA) is 61.8 Å². The molecule has 29 heavy (non-hydrogen) atoms. The predicted octanol–water partition coefficient (Wildman–Crippen LogP) is 5.53. The Hall–Kier alpha value is -2.82. The molecule has 0 fully saturated rings. The molecule has 0 atom stereocenters. The Kier molecular flexibility index (Phi) is 8.25. The van der Waals surface area contributed by atoms with Crippen LogP contribution in [0.3, 0.4) is 0 Å². The lowest BCUT2D eigenvalue weighted by Crippen LogP contribution is -2.41. The molecule has 0 aliphatic rings. The average Bonchev–Trinajstić information content (AvgIpc) is 2.73. The molecule has 0 saturated carbocycles. The van der Waals surface area contributed by atoms with Gasteiger partial charge in [0.05, 0.1) is 6.61 Å². The second kappa shape index (κ2) is 10.6. The highest BCUT2D eigenvalue weighted by atomic mass is 16.6. The van der Waals surface area contributed by atoms with Gasteiger partial charge in [-0.3, -0.25) is 9.59 Å². The molecular weight excluding hydrogens is 368 g/mol. The van der Waals surface area contributed by atoms with Gasteiger partial charge in [-0.15, -0.1) is 0 Å². The summed E-state index contributed by atoms with van der Waals surface area (Å²) in [5.41, 5.74) is -0.490. The fourth-order valence-electron chi connectivity index (χ4n) is 2.90. The monoisotopic (exact) mass is 398 g/mol. The second-order valence-corrected chi connectivity index (χ2v) is 7.42. The van der Waals surface area contributed by atoms with Crippen molar-refractivity contribution in [1.82, 2.24) is 0 Å². The van der Waals surface area contributed by atoms with E-state index in [4.69, 9.17) is 14.2 Å². The van der Waals surface area contributed by atoms with Gasteiger partial charge < -0.3 is 14.2 Å². The zero-order chi connectivity index (χ0) is 21.3. The molecule has 2 rings (SSSR count). The largest absolute Gasteiger partial charge is 0.465 e. The van der Waals surface area contributed by atoms with Crippen molar-refractivity contribution in [2.24, 2.45) is 11.3 Å². The third kappa shape index (κ3) is 6.08. The molecular formula is C24H30O5. The quantitative estimate of drug-likeness (QED) is 0.389. The number of para-hydroxylation sites is 1. The summed E-state index contributed by atoms with van der Waals surface area (Å²) >= 11 is 0. The average molecular weight is 398 g/mol. The number of hydrogen-bond acceptors (Lipinski definition) is 5. The van der Waals surface area contributed by atoms with Gasteiger partial charge in [0.15, 0.2) is 5.41 Å². The first kappa shape index (κ1) is 22.5. The third-order valence-electron chi connectivity index (χ3n) is 4.78. The fourth-order valence-corrected chi connectivity index (χ4v) is 2.90. The van der Waals surface area contributed by atoms with Crippen LogP contribution in [0.1, 0.15) is 46.1 Å². The normalized spacial score (nSPS) is 11.2. The van der Waals surface area contributed by atoms with Crippen molar-refractivity contribution in [3.63, 3.8) is 0 Å². The Labute approximate surface area is 173 Å². The number of hydrogen-bond donors (Lipinski definition) is 0. The SMILES string of the molecule is CCC(CC)(C(=O)OCc1cccc(Oc2ccccc2)c1)C(=O)OCC(C)C. The smallest absolute Gasteiger partial charge is 0.323 e. The first-order chi connectivity index (χ1) is 13.9. The maximum Gasteiger partial charge on any atom is 0.323 e. The van der Waals surface area contributed by atoms with Crippen LogP contribution in [0.5, 0.6) is 11.5 Å². The third-order valence-corrected chi connectivity index (χ3v) is 4.78.